The van der Waals surface area contributed by atoms with E-state index < -0.39 is 18.0 Å². The highest BCUT2D eigenvalue weighted by atomic mass is 16.5. The molecule has 0 radical (unpaired) electrons. The minimum Gasteiger partial charge on any atom is -0.481 e. The Kier molecular flexibility index (Phi) is 7.40. The summed E-state index contributed by atoms with van der Waals surface area (Å²) in [6.07, 6.45) is 1.27. The highest BCUT2D eigenvalue weighted by molar-refractivity contribution is 6.00. The molecule has 0 saturated carbocycles. The Morgan fingerprint density at radius 2 is 1.66 bits per heavy atom. The van der Waals surface area contributed by atoms with Gasteiger partial charge in [-0.05, 0) is 46.7 Å². The van der Waals surface area contributed by atoms with Gasteiger partial charge in [-0.1, -0.05) is 55.5 Å². The fourth-order valence-corrected chi connectivity index (χ4v) is 4.25. The molecule has 1 aliphatic rings. The van der Waals surface area contributed by atoms with Gasteiger partial charge >= 0.3 is 12.1 Å². The Hall–Kier alpha value is -4.20. The molecule has 8 nitrogen and oxygen atoms in total. The van der Waals surface area contributed by atoms with Crippen LogP contribution in [-0.2, 0) is 9.53 Å². The number of ether oxygens (including phenoxy) is 1. The molecule has 2 amide bonds. The number of carbonyl (C=O) groups excluding carboxylic acids is 2. The number of pyridine rings is 1. The van der Waals surface area contributed by atoms with E-state index >= 15 is 0 Å². The summed E-state index contributed by atoms with van der Waals surface area (Å²) in [4.78, 5) is 40.1. The quantitative estimate of drug-likeness (QED) is 0.416. The molecule has 0 saturated heterocycles. The monoisotopic (exact) mass is 473 g/mol. The Labute approximate surface area is 203 Å². The van der Waals surface area contributed by atoms with Crippen molar-refractivity contribution in [2.24, 2.45) is 5.92 Å². The Balaban J connectivity index is 1.37. The second-order valence-corrected chi connectivity index (χ2v) is 8.60. The highest BCUT2D eigenvalue weighted by Crippen LogP contribution is 2.44. The standard InChI is InChI=1S/C27H27N3O5/c1-17(12-13-24(31)32)15-29-26(33)25-23(11-6-14-28-25)30-27(34)35-16-22-20-9-4-2-7-18(20)19-8-3-5-10-21(19)22/h2-11,14,17,22H,12-13,15-16H2,1H3,(H,29,33)(H,30,34)(H,31,32). The van der Waals surface area contributed by atoms with E-state index in [-0.39, 0.29) is 36.2 Å². The molecule has 1 aliphatic carbocycles. The number of anilines is 1. The molecule has 1 atom stereocenters. The number of nitrogens with one attached hydrogen (secondary N) is 2. The predicted octanol–water partition coefficient (Wildman–Crippen LogP) is 4.67. The molecule has 0 bridgehead atoms. The zero-order valence-electron chi connectivity index (χ0n) is 19.4. The van der Waals surface area contributed by atoms with E-state index in [0.29, 0.717) is 13.0 Å². The number of rotatable bonds is 9. The smallest absolute Gasteiger partial charge is 0.411 e. The van der Waals surface area contributed by atoms with Gasteiger partial charge in [0.05, 0.1) is 5.69 Å². The van der Waals surface area contributed by atoms with E-state index in [4.69, 9.17) is 9.84 Å². The number of aliphatic carboxylic acids is 1. The van der Waals surface area contributed by atoms with Crippen LogP contribution in [0.25, 0.3) is 11.1 Å². The molecule has 4 rings (SSSR count). The molecule has 1 aromatic heterocycles. The second kappa shape index (κ2) is 10.8. The summed E-state index contributed by atoms with van der Waals surface area (Å²) in [7, 11) is 0. The molecule has 0 spiro atoms. The van der Waals surface area contributed by atoms with Gasteiger partial charge < -0.3 is 15.2 Å². The topological polar surface area (TPSA) is 118 Å². The summed E-state index contributed by atoms with van der Waals surface area (Å²) >= 11 is 0. The summed E-state index contributed by atoms with van der Waals surface area (Å²) in [6.45, 7) is 2.31. The number of fused-ring (bicyclic) bond motifs is 3. The average Bonchev–Trinajstić information content (AvgIpc) is 3.19. The summed E-state index contributed by atoms with van der Waals surface area (Å²) in [5.41, 5.74) is 4.80. The summed E-state index contributed by atoms with van der Waals surface area (Å²) in [5.74, 6) is -1.42. The van der Waals surface area contributed by atoms with E-state index in [1.807, 2.05) is 43.3 Å². The second-order valence-electron chi connectivity index (χ2n) is 8.60. The first kappa shape index (κ1) is 23.9. The van der Waals surface area contributed by atoms with Crippen molar-refractivity contribution < 1.29 is 24.2 Å². The number of aromatic nitrogens is 1. The number of benzene rings is 2. The van der Waals surface area contributed by atoms with E-state index in [1.54, 1.807) is 12.1 Å². The molecule has 0 aliphatic heterocycles. The van der Waals surface area contributed by atoms with Crippen molar-refractivity contribution in [3.8, 4) is 11.1 Å². The predicted molar refractivity (Wildman–Crippen MR) is 131 cm³/mol. The first-order valence-corrected chi connectivity index (χ1v) is 11.5. The van der Waals surface area contributed by atoms with Crippen LogP contribution in [0.3, 0.4) is 0 Å². The van der Waals surface area contributed by atoms with Gasteiger partial charge in [-0.2, -0.15) is 0 Å². The van der Waals surface area contributed by atoms with E-state index in [0.717, 1.165) is 22.3 Å². The van der Waals surface area contributed by atoms with Gasteiger partial charge in [0.2, 0.25) is 0 Å². The van der Waals surface area contributed by atoms with Crippen LogP contribution in [0, 0.1) is 5.92 Å². The van der Waals surface area contributed by atoms with E-state index in [1.165, 1.54) is 6.20 Å². The largest absolute Gasteiger partial charge is 0.481 e. The van der Waals surface area contributed by atoms with Gasteiger partial charge in [0, 0.05) is 25.1 Å². The summed E-state index contributed by atoms with van der Waals surface area (Å²) in [6, 6.07) is 19.4. The number of hydrogen-bond donors (Lipinski definition) is 3. The van der Waals surface area contributed by atoms with Crippen molar-refractivity contribution in [3.63, 3.8) is 0 Å². The van der Waals surface area contributed by atoms with Crippen molar-refractivity contribution in [2.75, 3.05) is 18.5 Å². The third kappa shape index (κ3) is 5.66. The normalized spacial score (nSPS) is 12.8. The molecule has 1 unspecified atom stereocenters. The zero-order chi connectivity index (χ0) is 24.8. The van der Waals surface area contributed by atoms with Gasteiger partial charge in [-0.25, -0.2) is 9.78 Å². The van der Waals surface area contributed by atoms with Gasteiger partial charge in [0.15, 0.2) is 5.69 Å². The van der Waals surface area contributed by atoms with Crippen LogP contribution < -0.4 is 10.6 Å². The van der Waals surface area contributed by atoms with E-state index in [2.05, 4.69) is 27.8 Å². The number of carboxylic acids is 1. The lowest BCUT2D eigenvalue weighted by Crippen LogP contribution is -2.30. The minimum absolute atomic E-state index is 0.0164. The molecule has 3 aromatic rings. The third-order valence-electron chi connectivity index (χ3n) is 6.07. The highest BCUT2D eigenvalue weighted by Gasteiger charge is 2.29. The summed E-state index contributed by atoms with van der Waals surface area (Å²) < 4.78 is 5.57. The molecule has 3 N–H and O–H groups in total. The van der Waals surface area contributed by atoms with Crippen LogP contribution in [-0.4, -0.2) is 41.2 Å². The average molecular weight is 474 g/mol. The molecule has 2 aromatic carbocycles. The SMILES string of the molecule is CC(CCC(=O)O)CNC(=O)c1ncccc1NC(=O)OCC1c2ccccc2-c2ccccc21. The maximum absolute atomic E-state index is 12.6. The lowest BCUT2D eigenvalue weighted by Gasteiger charge is -2.16. The van der Waals surface area contributed by atoms with Crippen LogP contribution in [0.1, 0.15) is 47.3 Å². The van der Waals surface area contributed by atoms with Crippen molar-refractivity contribution in [1.82, 2.24) is 10.3 Å². The molecule has 8 heteroatoms. The van der Waals surface area contributed by atoms with Crippen molar-refractivity contribution >= 4 is 23.7 Å². The Morgan fingerprint density at radius 3 is 2.31 bits per heavy atom. The van der Waals surface area contributed by atoms with Crippen molar-refractivity contribution in [3.05, 3.63) is 83.7 Å². The van der Waals surface area contributed by atoms with Gasteiger partial charge in [0.25, 0.3) is 5.91 Å². The van der Waals surface area contributed by atoms with Crippen molar-refractivity contribution in [2.45, 2.75) is 25.7 Å². The minimum atomic E-state index is -0.873. The first-order valence-electron chi connectivity index (χ1n) is 11.5. The Bertz CT molecular complexity index is 1200. The molecular formula is C27H27N3O5. The number of amides is 2. The number of carbonyl (C=O) groups is 3. The van der Waals surface area contributed by atoms with Gasteiger partial charge in [-0.3, -0.25) is 14.9 Å². The number of carboxylic acid groups (broad SMARTS) is 1. The van der Waals surface area contributed by atoms with Crippen LogP contribution in [0.15, 0.2) is 66.9 Å². The fourth-order valence-electron chi connectivity index (χ4n) is 4.25. The number of nitrogens with zero attached hydrogens (tertiary/aromatic N) is 1. The molecule has 1 heterocycles. The van der Waals surface area contributed by atoms with Crippen LogP contribution >= 0.6 is 0 Å². The molecule has 180 valence electrons. The van der Waals surface area contributed by atoms with Crippen LogP contribution in [0.4, 0.5) is 10.5 Å². The maximum atomic E-state index is 12.6. The van der Waals surface area contributed by atoms with Crippen LogP contribution in [0.2, 0.25) is 0 Å². The lowest BCUT2D eigenvalue weighted by molar-refractivity contribution is -0.137. The van der Waals surface area contributed by atoms with E-state index in [9.17, 15) is 14.4 Å². The zero-order valence-corrected chi connectivity index (χ0v) is 19.4. The van der Waals surface area contributed by atoms with Gasteiger partial charge in [-0.15, -0.1) is 0 Å². The number of hydrogen-bond acceptors (Lipinski definition) is 5. The molecule has 35 heavy (non-hydrogen) atoms. The third-order valence-corrected chi connectivity index (χ3v) is 6.07. The van der Waals surface area contributed by atoms with Gasteiger partial charge in [0.1, 0.15) is 6.61 Å². The summed E-state index contributed by atoms with van der Waals surface area (Å²) in [5, 5.41) is 14.2. The van der Waals surface area contributed by atoms with Crippen LogP contribution in [0.5, 0.6) is 0 Å². The maximum Gasteiger partial charge on any atom is 0.411 e. The van der Waals surface area contributed by atoms with Crippen molar-refractivity contribution in [1.29, 1.82) is 0 Å². The molecule has 0 fully saturated rings. The fraction of sp³-hybridized carbons (Fsp3) is 0.259. The first-order chi connectivity index (χ1) is 16.9. The Morgan fingerprint density at radius 1 is 1.00 bits per heavy atom. The molecular weight excluding hydrogens is 446 g/mol. The lowest BCUT2D eigenvalue weighted by atomic mass is 9.98.